The predicted octanol–water partition coefficient (Wildman–Crippen LogP) is 4.92. The normalized spacial score (nSPS) is 11.5. The zero-order valence-electron chi connectivity index (χ0n) is 16.1. The predicted molar refractivity (Wildman–Crippen MR) is 103 cm³/mol. The SMILES string of the molecule is Cc1ccccc1-c1n(C)nc[n+]1-c1c(C(C)C)cccc1C(C)C. The monoisotopic (exact) mass is 334 g/mol. The Morgan fingerprint density at radius 2 is 1.48 bits per heavy atom. The van der Waals surface area contributed by atoms with Crippen LogP contribution in [0.15, 0.2) is 48.8 Å². The molecule has 130 valence electrons. The van der Waals surface area contributed by atoms with Crippen molar-refractivity contribution in [2.75, 3.05) is 0 Å². The first kappa shape index (κ1) is 17.4. The Hall–Kier alpha value is -2.42. The smallest absolute Gasteiger partial charge is 0.196 e. The van der Waals surface area contributed by atoms with Gasteiger partial charge in [0.2, 0.25) is 0 Å². The van der Waals surface area contributed by atoms with Crippen molar-refractivity contribution >= 4 is 0 Å². The van der Waals surface area contributed by atoms with E-state index >= 15 is 0 Å². The number of rotatable bonds is 4. The molecule has 1 aromatic heterocycles. The molecule has 0 spiro atoms. The number of hydrogen-bond acceptors (Lipinski definition) is 1. The molecule has 0 saturated carbocycles. The quantitative estimate of drug-likeness (QED) is 0.621. The van der Waals surface area contributed by atoms with Crippen LogP contribution in [-0.4, -0.2) is 9.78 Å². The van der Waals surface area contributed by atoms with Crippen molar-refractivity contribution in [1.82, 2.24) is 9.78 Å². The molecule has 3 heteroatoms. The molecular formula is C22H28N3+. The van der Waals surface area contributed by atoms with Crippen molar-refractivity contribution in [2.24, 2.45) is 7.05 Å². The van der Waals surface area contributed by atoms with E-state index in [1.165, 1.54) is 27.9 Å². The number of aryl methyl sites for hydroxylation is 2. The molecule has 0 N–H and O–H groups in total. The highest BCUT2D eigenvalue weighted by atomic mass is 15.4. The summed E-state index contributed by atoms with van der Waals surface area (Å²) in [4.78, 5) is 0. The molecule has 3 rings (SSSR count). The third-order valence-corrected chi connectivity index (χ3v) is 4.84. The molecule has 0 unspecified atom stereocenters. The van der Waals surface area contributed by atoms with Crippen LogP contribution in [0.2, 0.25) is 0 Å². The molecule has 0 aliphatic carbocycles. The lowest BCUT2D eigenvalue weighted by atomic mass is 9.92. The first-order valence-corrected chi connectivity index (χ1v) is 9.04. The number of aromatic nitrogens is 3. The molecule has 0 bridgehead atoms. The van der Waals surface area contributed by atoms with E-state index in [4.69, 9.17) is 0 Å². The van der Waals surface area contributed by atoms with E-state index in [-0.39, 0.29) is 0 Å². The average Bonchev–Trinajstić information content (AvgIpc) is 2.95. The minimum Gasteiger partial charge on any atom is -0.196 e. The Balaban J connectivity index is 2.35. The number of benzene rings is 2. The Morgan fingerprint density at radius 3 is 2.04 bits per heavy atom. The number of para-hydroxylation sites is 1. The fourth-order valence-electron chi connectivity index (χ4n) is 3.48. The van der Waals surface area contributed by atoms with Gasteiger partial charge in [-0.2, -0.15) is 4.57 Å². The van der Waals surface area contributed by atoms with Crippen molar-refractivity contribution in [3.8, 4) is 17.1 Å². The van der Waals surface area contributed by atoms with Crippen LogP contribution in [0, 0.1) is 6.92 Å². The summed E-state index contributed by atoms with van der Waals surface area (Å²) in [5.74, 6) is 2.02. The van der Waals surface area contributed by atoms with Crippen LogP contribution in [0.5, 0.6) is 0 Å². The molecule has 0 aliphatic rings. The van der Waals surface area contributed by atoms with Crippen LogP contribution in [0.1, 0.15) is 56.2 Å². The molecule has 0 saturated heterocycles. The van der Waals surface area contributed by atoms with Crippen LogP contribution in [0.3, 0.4) is 0 Å². The summed E-state index contributed by atoms with van der Waals surface area (Å²) < 4.78 is 4.25. The van der Waals surface area contributed by atoms with Crippen molar-refractivity contribution in [2.45, 2.75) is 46.5 Å². The van der Waals surface area contributed by atoms with Crippen LogP contribution in [0.25, 0.3) is 17.1 Å². The summed E-state index contributed by atoms with van der Waals surface area (Å²) in [6, 6.07) is 15.2. The first-order chi connectivity index (χ1) is 11.9. The second kappa shape index (κ2) is 6.83. The van der Waals surface area contributed by atoms with Crippen LogP contribution >= 0.6 is 0 Å². The van der Waals surface area contributed by atoms with Gasteiger partial charge in [0.05, 0.1) is 12.6 Å². The standard InChI is InChI=1S/C22H28N3/c1-15(2)18-12-9-13-19(16(3)4)21(18)25-14-23-24(6)22(25)20-11-8-7-10-17(20)5/h7-16H,1-6H3/q+1. The minimum absolute atomic E-state index is 0.450. The van der Waals surface area contributed by atoms with E-state index in [0.717, 1.165) is 5.82 Å². The zero-order chi connectivity index (χ0) is 18.1. The van der Waals surface area contributed by atoms with Crippen LogP contribution < -0.4 is 4.57 Å². The molecule has 0 fully saturated rings. The number of hydrogen-bond donors (Lipinski definition) is 0. The zero-order valence-corrected chi connectivity index (χ0v) is 16.1. The van der Waals surface area contributed by atoms with E-state index in [1.54, 1.807) is 0 Å². The van der Waals surface area contributed by atoms with Crippen molar-refractivity contribution in [3.63, 3.8) is 0 Å². The van der Waals surface area contributed by atoms with Gasteiger partial charge < -0.3 is 0 Å². The van der Waals surface area contributed by atoms with Crippen LogP contribution in [0.4, 0.5) is 0 Å². The molecule has 2 aromatic carbocycles. The molecule has 3 nitrogen and oxygen atoms in total. The lowest BCUT2D eigenvalue weighted by Crippen LogP contribution is -2.35. The van der Waals surface area contributed by atoms with Gasteiger partial charge in [0, 0.05) is 5.10 Å². The van der Waals surface area contributed by atoms with Gasteiger partial charge in [-0.05, 0) is 41.5 Å². The Bertz CT molecular complexity index is 862. The molecule has 25 heavy (non-hydrogen) atoms. The largest absolute Gasteiger partial charge is 0.272 e. The lowest BCUT2D eigenvalue weighted by molar-refractivity contribution is -0.585. The van der Waals surface area contributed by atoms with Crippen molar-refractivity contribution in [1.29, 1.82) is 0 Å². The second-order valence-corrected chi connectivity index (χ2v) is 7.36. The fourth-order valence-corrected chi connectivity index (χ4v) is 3.48. The Kier molecular flexibility index (Phi) is 4.76. The minimum atomic E-state index is 0.450. The van der Waals surface area contributed by atoms with Gasteiger partial charge in [-0.25, -0.2) is 0 Å². The van der Waals surface area contributed by atoms with E-state index in [1.807, 2.05) is 18.1 Å². The highest BCUT2D eigenvalue weighted by Gasteiger charge is 2.26. The van der Waals surface area contributed by atoms with Gasteiger partial charge >= 0.3 is 0 Å². The van der Waals surface area contributed by atoms with Crippen LogP contribution in [-0.2, 0) is 7.05 Å². The van der Waals surface area contributed by atoms with E-state index in [0.29, 0.717) is 11.8 Å². The lowest BCUT2D eigenvalue weighted by Gasteiger charge is -2.18. The Labute approximate surface area is 151 Å². The summed E-state index contributed by atoms with van der Waals surface area (Å²) in [7, 11) is 2.02. The first-order valence-electron chi connectivity index (χ1n) is 9.04. The maximum absolute atomic E-state index is 4.59. The van der Waals surface area contributed by atoms with Gasteiger partial charge in [0.1, 0.15) is 5.69 Å². The maximum Gasteiger partial charge on any atom is 0.272 e. The molecule has 3 aromatic rings. The molecule has 0 atom stereocenters. The van der Waals surface area contributed by atoms with Gasteiger partial charge in [0.15, 0.2) is 0 Å². The molecule has 0 radical (unpaired) electrons. The Morgan fingerprint density at radius 1 is 0.880 bits per heavy atom. The third kappa shape index (κ3) is 3.11. The summed E-state index contributed by atoms with van der Waals surface area (Å²) in [6.07, 6.45) is 1.95. The molecule has 0 amide bonds. The summed E-state index contributed by atoms with van der Waals surface area (Å²) in [5, 5.41) is 4.59. The maximum atomic E-state index is 4.59. The van der Waals surface area contributed by atoms with Crippen molar-refractivity contribution < 1.29 is 4.57 Å². The summed E-state index contributed by atoms with van der Waals surface area (Å²) in [5.41, 5.74) is 6.47. The summed E-state index contributed by atoms with van der Waals surface area (Å²) >= 11 is 0. The molecular weight excluding hydrogens is 306 g/mol. The third-order valence-electron chi connectivity index (χ3n) is 4.84. The topological polar surface area (TPSA) is 21.7 Å². The molecule has 1 heterocycles. The highest BCUT2D eigenvalue weighted by Crippen LogP contribution is 2.30. The van der Waals surface area contributed by atoms with E-state index in [9.17, 15) is 0 Å². The average molecular weight is 334 g/mol. The second-order valence-electron chi connectivity index (χ2n) is 7.36. The van der Waals surface area contributed by atoms with Gasteiger partial charge in [-0.15, -0.1) is 4.68 Å². The van der Waals surface area contributed by atoms with E-state index < -0.39 is 0 Å². The molecule has 0 aliphatic heterocycles. The van der Waals surface area contributed by atoms with Gasteiger partial charge in [0.25, 0.3) is 12.2 Å². The summed E-state index contributed by atoms with van der Waals surface area (Å²) in [6.45, 7) is 11.2. The van der Waals surface area contributed by atoms with Gasteiger partial charge in [-0.1, -0.05) is 64.1 Å². The fraction of sp³-hybridized carbons (Fsp3) is 0.364. The van der Waals surface area contributed by atoms with Crippen molar-refractivity contribution in [3.05, 3.63) is 65.5 Å². The number of nitrogens with zero attached hydrogens (tertiary/aromatic N) is 3. The van der Waals surface area contributed by atoms with E-state index in [2.05, 4.69) is 86.7 Å². The highest BCUT2D eigenvalue weighted by molar-refractivity contribution is 5.59. The van der Waals surface area contributed by atoms with Gasteiger partial charge in [-0.3, -0.25) is 0 Å².